The molecule has 2 fully saturated rings. The fraction of sp³-hybridized carbons (Fsp3) is 0.517. The van der Waals surface area contributed by atoms with Crippen molar-refractivity contribution < 1.29 is 24.1 Å². The molecular formula is C29H33N3O7S. The molecule has 1 aliphatic heterocycles. The van der Waals surface area contributed by atoms with Crippen LogP contribution >= 0.6 is 11.3 Å². The molecule has 1 unspecified atom stereocenters. The number of hydrogen-bond donors (Lipinski definition) is 1. The number of para-hydroxylation sites is 1. The average Bonchev–Trinajstić information content (AvgIpc) is 3.70. The fourth-order valence-electron chi connectivity index (χ4n) is 5.00. The minimum absolute atomic E-state index is 0.00269. The van der Waals surface area contributed by atoms with Crippen molar-refractivity contribution >= 4 is 27.5 Å². The van der Waals surface area contributed by atoms with E-state index in [0.29, 0.717) is 59.6 Å². The highest BCUT2D eigenvalue weighted by atomic mass is 32.1. The molecule has 0 spiro atoms. The zero-order valence-corrected chi connectivity index (χ0v) is 23.7. The summed E-state index contributed by atoms with van der Waals surface area (Å²) in [5.41, 5.74) is -2.14. The van der Waals surface area contributed by atoms with Crippen LogP contribution in [0.2, 0.25) is 0 Å². The van der Waals surface area contributed by atoms with Crippen molar-refractivity contribution in [1.29, 1.82) is 5.26 Å². The normalized spacial score (nSPS) is 17.1. The highest BCUT2D eigenvalue weighted by Gasteiger charge is 2.36. The summed E-state index contributed by atoms with van der Waals surface area (Å²) in [7, 11) is 0. The Morgan fingerprint density at radius 1 is 1.23 bits per heavy atom. The van der Waals surface area contributed by atoms with Crippen molar-refractivity contribution in [1.82, 2.24) is 9.13 Å². The maximum absolute atomic E-state index is 14.0. The van der Waals surface area contributed by atoms with E-state index < -0.39 is 28.9 Å². The molecule has 1 saturated heterocycles. The number of carboxylic acid groups (broad SMARTS) is 1. The first kappa shape index (κ1) is 28.1. The van der Waals surface area contributed by atoms with Gasteiger partial charge in [0, 0.05) is 18.8 Å². The van der Waals surface area contributed by atoms with E-state index in [0.717, 1.165) is 34.3 Å². The number of fused-ring (bicyclic) bond motifs is 1. The lowest BCUT2D eigenvalue weighted by Gasteiger charge is -2.30. The third kappa shape index (κ3) is 5.31. The van der Waals surface area contributed by atoms with Gasteiger partial charge < -0.3 is 19.3 Å². The van der Waals surface area contributed by atoms with Gasteiger partial charge in [0.15, 0.2) is 0 Å². The minimum atomic E-state index is -1.83. The number of aromatic nitrogens is 2. The lowest BCUT2D eigenvalue weighted by atomic mass is 10.0. The molecule has 3 aromatic rings. The Bertz CT molecular complexity index is 1590. The maximum atomic E-state index is 14.0. The molecule has 1 aliphatic carbocycles. The second-order valence-corrected chi connectivity index (χ2v) is 12.0. The topological polar surface area (TPSA) is 133 Å². The maximum Gasteiger partial charge on any atom is 0.333 e. The van der Waals surface area contributed by atoms with E-state index in [1.54, 1.807) is 6.92 Å². The van der Waals surface area contributed by atoms with Crippen molar-refractivity contribution in [2.24, 2.45) is 5.92 Å². The van der Waals surface area contributed by atoms with Crippen LogP contribution in [-0.4, -0.2) is 46.1 Å². The second kappa shape index (κ2) is 11.2. The molecule has 2 aliphatic rings. The number of rotatable bonds is 10. The first-order chi connectivity index (χ1) is 19.1. The highest BCUT2D eigenvalue weighted by Crippen LogP contribution is 2.36. The Labute approximate surface area is 235 Å². The Kier molecular flexibility index (Phi) is 7.86. The Hall–Kier alpha value is -3.46. The highest BCUT2D eigenvalue weighted by molar-refractivity contribution is 7.19. The molecule has 2 aromatic heterocycles. The van der Waals surface area contributed by atoms with Gasteiger partial charge in [-0.2, -0.15) is 5.26 Å². The van der Waals surface area contributed by atoms with Crippen molar-refractivity contribution in [2.45, 2.75) is 70.7 Å². The van der Waals surface area contributed by atoms with E-state index in [2.05, 4.69) is 6.07 Å². The molecule has 0 radical (unpaired) electrons. The number of nitriles is 1. The van der Waals surface area contributed by atoms with E-state index in [9.17, 15) is 24.8 Å². The number of carboxylic acids is 1. The second-order valence-electron chi connectivity index (χ2n) is 11.0. The van der Waals surface area contributed by atoms with Gasteiger partial charge in [-0.05, 0) is 64.0 Å². The molecule has 1 saturated carbocycles. The summed E-state index contributed by atoms with van der Waals surface area (Å²) in [5, 5.41) is 19.8. The van der Waals surface area contributed by atoms with Crippen LogP contribution in [0.15, 0.2) is 33.9 Å². The summed E-state index contributed by atoms with van der Waals surface area (Å²) in [6.45, 7) is 6.00. The fourth-order valence-corrected chi connectivity index (χ4v) is 6.10. The number of hydrogen-bond acceptors (Lipinski definition) is 8. The predicted molar refractivity (Wildman–Crippen MR) is 149 cm³/mol. The van der Waals surface area contributed by atoms with Crippen LogP contribution in [-0.2, 0) is 26.4 Å². The monoisotopic (exact) mass is 567 g/mol. The van der Waals surface area contributed by atoms with Crippen LogP contribution in [0, 0.1) is 24.2 Å². The number of carbonyl (C=O) groups is 1. The number of nitrogens with zero attached hydrogens (tertiary/aromatic N) is 3. The molecule has 3 heterocycles. The summed E-state index contributed by atoms with van der Waals surface area (Å²) in [6, 6.07) is 9.67. The summed E-state index contributed by atoms with van der Waals surface area (Å²) in [5.74, 6) is -0.125. The molecule has 40 heavy (non-hydrogen) atoms. The molecule has 1 N–H and O–H groups in total. The van der Waals surface area contributed by atoms with Gasteiger partial charge in [0.2, 0.25) is 0 Å². The number of thiophene rings is 1. The summed E-state index contributed by atoms with van der Waals surface area (Å²) < 4.78 is 20.5. The summed E-state index contributed by atoms with van der Waals surface area (Å²) in [6.07, 6.45) is 2.88. The standard InChI is InChI=1S/C29H33N3O7S/c1-17-23(14-30)40-26-24(17)25(33)32(29(2,3)27(34)35)28(36)31(26)15-22(39-19-10-12-37-13-11-19)20-6-4-5-7-21(20)38-16-18-8-9-18/h4-7,18-19,22H,8-13,15-16H2,1-3H3,(H,34,35). The van der Waals surface area contributed by atoms with E-state index in [4.69, 9.17) is 14.2 Å². The van der Waals surface area contributed by atoms with Crippen LogP contribution in [0.3, 0.4) is 0 Å². The summed E-state index contributed by atoms with van der Waals surface area (Å²) >= 11 is 1.05. The first-order valence-corrected chi connectivity index (χ1v) is 14.3. The third-order valence-electron chi connectivity index (χ3n) is 7.71. The van der Waals surface area contributed by atoms with Crippen molar-refractivity contribution in [2.75, 3.05) is 19.8 Å². The van der Waals surface area contributed by atoms with E-state index in [-0.39, 0.29) is 18.0 Å². The van der Waals surface area contributed by atoms with Crippen LogP contribution in [0.5, 0.6) is 5.75 Å². The Morgan fingerprint density at radius 3 is 2.58 bits per heavy atom. The smallest absolute Gasteiger partial charge is 0.333 e. The van der Waals surface area contributed by atoms with Crippen LogP contribution in [0.1, 0.15) is 61.6 Å². The Balaban J connectivity index is 1.68. The van der Waals surface area contributed by atoms with Crippen LogP contribution in [0.25, 0.3) is 10.2 Å². The number of ether oxygens (including phenoxy) is 3. The molecule has 212 valence electrons. The van der Waals surface area contributed by atoms with Crippen molar-refractivity contribution in [3.05, 3.63) is 61.1 Å². The number of aliphatic carboxylic acids is 1. The van der Waals surface area contributed by atoms with Gasteiger partial charge in [0.25, 0.3) is 5.56 Å². The molecule has 11 heteroatoms. The first-order valence-electron chi connectivity index (χ1n) is 13.5. The van der Waals surface area contributed by atoms with Gasteiger partial charge in [-0.3, -0.25) is 9.36 Å². The van der Waals surface area contributed by atoms with Gasteiger partial charge in [-0.1, -0.05) is 18.2 Å². The predicted octanol–water partition coefficient (Wildman–Crippen LogP) is 3.95. The van der Waals surface area contributed by atoms with Crippen LogP contribution in [0.4, 0.5) is 0 Å². The van der Waals surface area contributed by atoms with Gasteiger partial charge in [-0.15, -0.1) is 11.3 Å². The molecule has 10 nitrogen and oxygen atoms in total. The molecular weight excluding hydrogens is 534 g/mol. The quantitative estimate of drug-likeness (QED) is 0.389. The number of benzene rings is 1. The van der Waals surface area contributed by atoms with Crippen molar-refractivity contribution in [3.63, 3.8) is 0 Å². The largest absolute Gasteiger partial charge is 0.493 e. The zero-order chi connectivity index (χ0) is 28.6. The Morgan fingerprint density at radius 2 is 1.93 bits per heavy atom. The summed E-state index contributed by atoms with van der Waals surface area (Å²) in [4.78, 5) is 40.4. The molecule has 0 bridgehead atoms. The van der Waals surface area contributed by atoms with E-state index in [1.807, 2.05) is 24.3 Å². The lowest BCUT2D eigenvalue weighted by Crippen LogP contribution is -2.52. The van der Waals surface area contributed by atoms with Crippen molar-refractivity contribution in [3.8, 4) is 11.8 Å². The molecule has 5 rings (SSSR count). The van der Waals surface area contributed by atoms with E-state index in [1.165, 1.54) is 18.4 Å². The van der Waals surface area contributed by atoms with Crippen LogP contribution < -0.4 is 16.0 Å². The molecule has 0 amide bonds. The van der Waals surface area contributed by atoms with Gasteiger partial charge >= 0.3 is 11.7 Å². The SMILES string of the molecule is Cc1c(C#N)sc2c1c(=O)n(C(C)(C)C(=O)O)c(=O)n2CC(OC1CCOCC1)c1ccccc1OCC1CC1. The average molecular weight is 568 g/mol. The lowest BCUT2D eigenvalue weighted by molar-refractivity contribution is -0.146. The molecule has 1 atom stereocenters. The molecule has 1 aromatic carbocycles. The van der Waals surface area contributed by atoms with Gasteiger partial charge in [-0.25, -0.2) is 14.2 Å². The number of aryl methyl sites for hydroxylation is 1. The van der Waals surface area contributed by atoms with Gasteiger partial charge in [0.1, 0.15) is 33.2 Å². The van der Waals surface area contributed by atoms with Gasteiger partial charge in [0.05, 0.1) is 24.6 Å². The minimum Gasteiger partial charge on any atom is -0.493 e. The van der Waals surface area contributed by atoms with E-state index >= 15 is 0 Å². The third-order valence-corrected chi connectivity index (χ3v) is 8.93. The zero-order valence-electron chi connectivity index (χ0n) is 22.8.